The van der Waals surface area contributed by atoms with E-state index in [1.54, 1.807) is 0 Å². The lowest BCUT2D eigenvalue weighted by molar-refractivity contribution is 0.490. The maximum atomic E-state index is 5.09. The van der Waals surface area contributed by atoms with Crippen molar-refractivity contribution in [2.45, 2.75) is 64.2 Å². The van der Waals surface area contributed by atoms with E-state index in [0.29, 0.717) is 5.92 Å². The fraction of sp³-hybridized carbons (Fsp3) is 0.233. The van der Waals surface area contributed by atoms with Crippen molar-refractivity contribution in [3.8, 4) is 45.0 Å². The SMILES string of the molecule is CCC(CC(CC)c1nc(-c2ccccc2)nc(-c2ccccc2)n1)c1cccc(-c2ccc3c(c2)C(C)(C)c2ccccc2-3)c1. The molecule has 0 fully saturated rings. The number of hydrogen-bond acceptors (Lipinski definition) is 3. The third-order valence-corrected chi connectivity index (χ3v) is 9.91. The molecule has 1 aliphatic carbocycles. The zero-order chi connectivity index (χ0) is 31.7. The number of rotatable bonds is 9. The Labute approximate surface area is 273 Å². The summed E-state index contributed by atoms with van der Waals surface area (Å²) in [5, 5.41) is 0. The van der Waals surface area contributed by atoms with Crippen LogP contribution >= 0.6 is 0 Å². The Morgan fingerprint density at radius 1 is 0.500 bits per heavy atom. The third-order valence-electron chi connectivity index (χ3n) is 9.91. The number of nitrogens with zero attached hydrogens (tertiary/aromatic N) is 3. The van der Waals surface area contributed by atoms with E-state index in [0.717, 1.165) is 47.9 Å². The molecule has 0 radical (unpaired) electrons. The average Bonchev–Trinajstić information content (AvgIpc) is 3.35. The van der Waals surface area contributed by atoms with E-state index in [4.69, 9.17) is 15.0 Å². The van der Waals surface area contributed by atoms with Crippen LogP contribution in [-0.4, -0.2) is 15.0 Å². The summed E-state index contributed by atoms with van der Waals surface area (Å²) < 4.78 is 0. The topological polar surface area (TPSA) is 38.7 Å². The highest BCUT2D eigenvalue weighted by molar-refractivity contribution is 5.83. The summed E-state index contributed by atoms with van der Waals surface area (Å²) in [6.07, 6.45) is 2.99. The molecule has 1 heterocycles. The third kappa shape index (κ3) is 5.56. The zero-order valence-corrected chi connectivity index (χ0v) is 27.2. The van der Waals surface area contributed by atoms with Crippen molar-refractivity contribution in [1.82, 2.24) is 15.0 Å². The second-order valence-electron chi connectivity index (χ2n) is 13.1. The van der Waals surface area contributed by atoms with Gasteiger partial charge in [-0.25, -0.2) is 15.0 Å². The second kappa shape index (κ2) is 12.5. The van der Waals surface area contributed by atoms with Crippen LogP contribution in [0.2, 0.25) is 0 Å². The van der Waals surface area contributed by atoms with Gasteiger partial charge in [-0.1, -0.05) is 149 Å². The zero-order valence-electron chi connectivity index (χ0n) is 27.2. The van der Waals surface area contributed by atoms with Crippen LogP contribution in [0.15, 0.2) is 127 Å². The monoisotopic (exact) mass is 599 g/mol. The summed E-state index contributed by atoms with van der Waals surface area (Å²) in [4.78, 5) is 15.1. The Kier molecular flexibility index (Phi) is 8.09. The van der Waals surface area contributed by atoms with Gasteiger partial charge in [-0.15, -0.1) is 0 Å². The number of benzene rings is 5. The predicted molar refractivity (Wildman–Crippen MR) is 191 cm³/mol. The Morgan fingerprint density at radius 2 is 1.07 bits per heavy atom. The van der Waals surface area contributed by atoms with Crippen LogP contribution < -0.4 is 0 Å². The Hall–Kier alpha value is -4.89. The van der Waals surface area contributed by atoms with Gasteiger partial charge in [-0.05, 0) is 70.2 Å². The summed E-state index contributed by atoms with van der Waals surface area (Å²) in [7, 11) is 0. The lowest BCUT2D eigenvalue weighted by Gasteiger charge is -2.23. The fourth-order valence-electron chi connectivity index (χ4n) is 7.20. The molecular weight excluding hydrogens is 558 g/mol. The van der Waals surface area contributed by atoms with Gasteiger partial charge in [0.05, 0.1) is 0 Å². The molecular formula is C43H41N3. The van der Waals surface area contributed by atoms with Crippen molar-refractivity contribution < 1.29 is 0 Å². The van der Waals surface area contributed by atoms with E-state index in [9.17, 15) is 0 Å². The van der Waals surface area contributed by atoms with Crippen molar-refractivity contribution in [2.75, 3.05) is 0 Å². The fourth-order valence-corrected chi connectivity index (χ4v) is 7.20. The summed E-state index contributed by atoms with van der Waals surface area (Å²) >= 11 is 0. The van der Waals surface area contributed by atoms with E-state index < -0.39 is 0 Å². The molecule has 1 aromatic heterocycles. The molecule has 0 spiro atoms. The van der Waals surface area contributed by atoms with Crippen LogP contribution in [0.3, 0.4) is 0 Å². The van der Waals surface area contributed by atoms with Gasteiger partial charge in [-0.2, -0.15) is 0 Å². The van der Waals surface area contributed by atoms with Crippen LogP contribution in [0.4, 0.5) is 0 Å². The van der Waals surface area contributed by atoms with E-state index in [1.165, 1.54) is 38.9 Å². The van der Waals surface area contributed by atoms with Gasteiger partial charge in [0, 0.05) is 22.5 Å². The molecule has 0 saturated heterocycles. The summed E-state index contributed by atoms with van der Waals surface area (Å²) in [6.45, 7) is 9.26. The first kappa shape index (κ1) is 29.8. The quantitative estimate of drug-likeness (QED) is 0.166. The molecule has 3 nitrogen and oxygen atoms in total. The molecule has 7 rings (SSSR count). The highest BCUT2D eigenvalue weighted by Gasteiger charge is 2.35. The van der Waals surface area contributed by atoms with Gasteiger partial charge < -0.3 is 0 Å². The first-order chi connectivity index (χ1) is 22.5. The number of fused-ring (bicyclic) bond motifs is 3. The molecule has 5 aromatic carbocycles. The van der Waals surface area contributed by atoms with Gasteiger partial charge in [0.25, 0.3) is 0 Å². The van der Waals surface area contributed by atoms with E-state index >= 15 is 0 Å². The molecule has 1 aliphatic rings. The highest BCUT2D eigenvalue weighted by Crippen LogP contribution is 2.49. The van der Waals surface area contributed by atoms with Crippen LogP contribution in [0.25, 0.3) is 45.0 Å². The lowest BCUT2D eigenvalue weighted by atomic mass is 9.81. The van der Waals surface area contributed by atoms with Gasteiger partial charge in [0.2, 0.25) is 0 Å². The summed E-state index contributed by atoms with van der Waals surface area (Å²) in [5.74, 6) is 2.95. The molecule has 0 amide bonds. The van der Waals surface area contributed by atoms with Crippen molar-refractivity contribution in [2.24, 2.45) is 0 Å². The molecule has 0 saturated carbocycles. The molecule has 3 heteroatoms. The first-order valence-corrected chi connectivity index (χ1v) is 16.7. The number of hydrogen-bond donors (Lipinski definition) is 0. The van der Waals surface area contributed by atoms with Gasteiger partial charge in [0.1, 0.15) is 5.82 Å². The first-order valence-electron chi connectivity index (χ1n) is 16.7. The minimum absolute atomic E-state index is 0.0123. The minimum atomic E-state index is -0.0123. The standard InChI is InChI=1S/C43H41N3/c1-5-29(26-30(6-2)40-44-41(31-16-9-7-10-17-31)46-42(45-40)32-18-11-8-12-19-32)33-20-15-21-34(27-33)35-24-25-37-36-22-13-14-23-38(36)43(3,4)39(37)28-35/h7-25,27-30H,5-6,26H2,1-4H3. The molecule has 0 bridgehead atoms. The molecule has 2 atom stereocenters. The molecule has 0 aliphatic heterocycles. The molecule has 0 N–H and O–H groups in total. The van der Waals surface area contributed by atoms with Crippen LogP contribution in [0.1, 0.15) is 81.3 Å². The average molecular weight is 600 g/mol. The van der Waals surface area contributed by atoms with Crippen LogP contribution in [0.5, 0.6) is 0 Å². The van der Waals surface area contributed by atoms with Gasteiger partial charge >= 0.3 is 0 Å². The predicted octanol–water partition coefficient (Wildman–Crippen LogP) is 11.3. The highest BCUT2D eigenvalue weighted by atomic mass is 15.0. The van der Waals surface area contributed by atoms with E-state index in [-0.39, 0.29) is 11.3 Å². The maximum Gasteiger partial charge on any atom is 0.163 e. The van der Waals surface area contributed by atoms with Gasteiger partial charge in [-0.3, -0.25) is 0 Å². The number of aromatic nitrogens is 3. The van der Waals surface area contributed by atoms with E-state index in [1.807, 2.05) is 36.4 Å². The van der Waals surface area contributed by atoms with E-state index in [2.05, 4.69) is 119 Å². The molecule has 6 aromatic rings. The molecule has 228 valence electrons. The van der Waals surface area contributed by atoms with Crippen molar-refractivity contribution in [1.29, 1.82) is 0 Å². The summed E-state index contributed by atoms with van der Waals surface area (Å²) in [6, 6.07) is 45.6. The van der Waals surface area contributed by atoms with Crippen molar-refractivity contribution in [3.05, 3.63) is 150 Å². The van der Waals surface area contributed by atoms with Crippen LogP contribution in [-0.2, 0) is 5.41 Å². The van der Waals surface area contributed by atoms with Crippen LogP contribution in [0, 0.1) is 0 Å². The largest absolute Gasteiger partial charge is 0.213 e. The smallest absolute Gasteiger partial charge is 0.163 e. The Bertz CT molecular complexity index is 1920. The summed E-state index contributed by atoms with van der Waals surface area (Å²) in [5.41, 5.74) is 11.5. The Morgan fingerprint density at radius 3 is 1.72 bits per heavy atom. The van der Waals surface area contributed by atoms with Gasteiger partial charge in [0.15, 0.2) is 11.6 Å². The minimum Gasteiger partial charge on any atom is -0.213 e. The lowest BCUT2D eigenvalue weighted by Crippen LogP contribution is -2.14. The van der Waals surface area contributed by atoms with Crippen molar-refractivity contribution in [3.63, 3.8) is 0 Å². The second-order valence-corrected chi connectivity index (χ2v) is 13.1. The molecule has 2 unspecified atom stereocenters. The normalized spacial score (nSPS) is 14.3. The Balaban J connectivity index is 1.21. The van der Waals surface area contributed by atoms with Crippen molar-refractivity contribution >= 4 is 0 Å². The molecule has 46 heavy (non-hydrogen) atoms. The maximum absolute atomic E-state index is 5.09.